The molecule has 1 aromatic heterocycles. The number of hydrogen-bond acceptors (Lipinski definition) is 5. The molecule has 0 amide bonds. The van der Waals surface area contributed by atoms with E-state index in [1.165, 1.54) is 50.5 Å². The van der Waals surface area contributed by atoms with Crippen molar-refractivity contribution in [3.05, 3.63) is 69.6 Å². The third kappa shape index (κ3) is 8.48. The predicted molar refractivity (Wildman–Crippen MR) is 150 cm³/mol. The van der Waals surface area contributed by atoms with E-state index in [9.17, 15) is 9.59 Å². The molecule has 200 valence electrons. The molecule has 3 aromatic rings. The molecule has 2 aromatic carbocycles. The molecule has 0 spiro atoms. The number of rotatable bonds is 17. The van der Waals surface area contributed by atoms with Gasteiger partial charge in [-0.15, -0.1) is 0 Å². The normalized spacial score (nSPS) is 11.1. The van der Waals surface area contributed by atoms with Gasteiger partial charge >= 0.3 is 5.63 Å². The van der Waals surface area contributed by atoms with Gasteiger partial charge in [0.15, 0.2) is 5.78 Å². The molecule has 0 saturated carbocycles. The van der Waals surface area contributed by atoms with E-state index in [4.69, 9.17) is 13.9 Å². The third-order valence-electron chi connectivity index (χ3n) is 6.50. The van der Waals surface area contributed by atoms with Gasteiger partial charge in [-0.05, 0) is 37.3 Å². The molecule has 3 rings (SSSR count). The fourth-order valence-electron chi connectivity index (χ4n) is 4.40. The van der Waals surface area contributed by atoms with Gasteiger partial charge in [0.2, 0.25) is 0 Å². The largest absolute Gasteiger partial charge is 0.493 e. The van der Waals surface area contributed by atoms with Gasteiger partial charge in [0.25, 0.3) is 0 Å². The van der Waals surface area contributed by atoms with Crippen LogP contribution in [0.5, 0.6) is 11.5 Å². The van der Waals surface area contributed by atoms with E-state index in [0.29, 0.717) is 41.2 Å². The minimum Gasteiger partial charge on any atom is -0.493 e. The molecule has 0 radical (unpaired) electrons. The van der Waals surface area contributed by atoms with Crippen molar-refractivity contribution in [1.29, 1.82) is 0 Å². The van der Waals surface area contributed by atoms with Crippen LogP contribution in [0.2, 0.25) is 0 Å². The van der Waals surface area contributed by atoms with Crippen LogP contribution in [0.25, 0.3) is 11.0 Å². The van der Waals surface area contributed by atoms with Crippen LogP contribution in [0.1, 0.15) is 106 Å². The first-order valence-corrected chi connectivity index (χ1v) is 14.1. The number of carbonyl (C=O) groups is 1. The zero-order chi connectivity index (χ0) is 26.5. The van der Waals surface area contributed by atoms with Crippen LogP contribution in [-0.2, 0) is 6.42 Å². The Balaban J connectivity index is 1.70. The first-order valence-electron chi connectivity index (χ1n) is 14.1. The van der Waals surface area contributed by atoms with E-state index < -0.39 is 5.63 Å². The van der Waals surface area contributed by atoms with E-state index in [2.05, 4.69) is 6.92 Å². The van der Waals surface area contributed by atoms with Crippen molar-refractivity contribution in [2.75, 3.05) is 13.2 Å². The molecule has 0 aliphatic heterocycles. The molecule has 0 aliphatic rings. The Morgan fingerprint density at radius 1 is 0.757 bits per heavy atom. The van der Waals surface area contributed by atoms with Gasteiger partial charge in [-0.2, -0.15) is 0 Å². The average molecular weight is 507 g/mol. The number of hydrogen-bond donors (Lipinski definition) is 0. The van der Waals surface area contributed by atoms with Crippen LogP contribution in [-0.4, -0.2) is 19.0 Å². The van der Waals surface area contributed by atoms with Crippen molar-refractivity contribution in [3.63, 3.8) is 0 Å². The number of carbonyl (C=O) groups excluding carboxylic acids is 1. The second-order valence-electron chi connectivity index (χ2n) is 9.73. The van der Waals surface area contributed by atoms with Crippen molar-refractivity contribution in [2.45, 2.75) is 91.4 Å². The first kappa shape index (κ1) is 28.5. The minimum atomic E-state index is -0.658. The second kappa shape index (κ2) is 15.2. The molecule has 0 aliphatic carbocycles. The molecular formula is C32H42O5. The third-order valence-corrected chi connectivity index (χ3v) is 6.50. The Morgan fingerprint density at radius 2 is 1.41 bits per heavy atom. The van der Waals surface area contributed by atoms with Gasteiger partial charge in [-0.1, -0.05) is 90.0 Å². The van der Waals surface area contributed by atoms with E-state index in [1.807, 2.05) is 38.1 Å². The molecule has 0 N–H and O–H groups in total. The summed E-state index contributed by atoms with van der Waals surface area (Å²) >= 11 is 0. The van der Waals surface area contributed by atoms with Gasteiger partial charge in [0, 0.05) is 17.7 Å². The SMILES string of the molecule is CCCCCCCCCCc1ccc(C(=O)c2cc3c(OCCC)cc(OCCC)cc3oc2=O)cc1. The molecule has 0 bridgehead atoms. The highest BCUT2D eigenvalue weighted by Gasteiger charge is 2.19. The topological polar surface area (TPSA) is 65.7 Å². The molecule has 0 unspecified atom stereocenters. The number of unbranched alkanes of at least 4 members (excludes halogenated alkanes) is 7. The van der Waals surface area contributed by atoms with Crippen molar-refractivity contribution in [3.8, 4) is 11.5 Å². The Kier molecular flexibility index (Phi) is 11.7. The molecule has 5 heteroatoms. The summed E-state index contributed by atoms with van der Waals surface area (Å²) in [5.41, 5.74) is 1.39. The molecule has 37 heavy (non-hydrogen) atoms. The Labute approximate surface area is 221 Å². The highest BCUT2D eigenvalue weighted by Crippen LogP contribution is 2.32. The highest BCUT2D eigenvalue weighted by atomic mass is 16.5. The Hall–Kier alpha value is -3.08. The van der Waals surface area contributed by atoms with Crippen LogP contribution >= 0.6 is 0 Å². The Bertz CT molecular complexity index is 1180. The van der Waals surface area contributed by atoms with E-state index >= 15 is 0 Å². The summed E-state index contributed by atoms with van der Waals surface area (Å²) in [4.78, 5) is 26.0. The number of ketones is 1. The molecular weight excluding hydrogens is 464 g/mol. The van der Waals surface area contributed by atoms with Crippen molar-refractivity contribution in [1.82, 2.24) is 0 Å². The number of ether oxygens (including phenoxy) is 2. The zero-order valence-electron chi connectivity index (χ0n) is 22.8. The summed E-state index contributed by atoms with van der Waals surface area (Å²) in [5, 5.41) is 0.589. The summed E-state index contributed by atoms with van der Waals surface area (Å²) < 4.78 is 17.2. The van der Waals surface area contributed by atoms with Gasteiger partial charge in [-0.25, -0.2) is 4.79 Å². The van der Waals surface area contributed by atoms with Crippen molar-refractivity contribution in [2.24, 2.45) is 0 Å². The summed E-state index contributed by atoms with van der Waals surface area (Å²) in [6.45, 7) is 7.35. The quantitative estimate of drug-likeness (QED) is 0.105. The van der Waals surface area contributed by atoms with Crippen LogP contribution in [0, 0.1) is 0 Å². The smallest absolute Gasteiger partial charge is 0.347 e. The van der Waals surface area contributed by atoms with Gasteiger partial charge in [-0.3, -0.25) is 4.79 Å². The van der Waals surface area contributed by atoms with Crippen LogP contribution in [0.15, 0.2) is 51.7 Å². The summed E-state index contributed by atoms with van der Waals surface area (Å²) in [5.74, 6) is 0.778. The first-order chi connectivity index (χ1) is 18.1. The number of aryl methyl sites for hydroxylation is 1. The maximum Gasteiger partial charge on any atom is 0.347 e. The number of benzene rings is 2. The lowest BCUT2D eigenvalue weighted by molar-refractivity contribution is 0.103. The lowest BCUT2D eigenvalue weighted by Crippen LogP contribution is -2.15. The lowest BCUT2D eigenvalue weighted by atomic mass is 9.99. The van der Waals surface area contributed by atoms with E-state index in [1.54, 1.807) is 18.2 Å². The fraction of sp³-hybridized carbons (Fsp3) is 0.500. The van der Waals surface area contributed by atoms with Gasteiger partial charge < -0.3 is 13.9 Å². The highest BCUT2D eigenvalue weighted by molar-refractivity contribution is 6.10. The fourth-order valence-corrected chi connectivity index (χ4v) is 4.40. The van der Waals surface area contributed by atoms with Crippen LogP contribution in [0.4, 0.5) is 0 Å². The predicted octanol–water partition coefficient (Wildman–Crippen LogP) is 8.28. The van der Waals surface area contributed by atoms with Crippen molar-refractivity contribution >= 4 is 16.8 Å². The van der Waals surface area contributed by atoms with E-state index in [0.717, 1.165) is 25.7 Å². The van der Waals surface area contributed by atoms with Crippen molar-refractivity contribution < 1.29 is 18.7 Å². The molecule has 1 heterocycles. The Morgan fingerprint density at radius 3 is 2.08 bits per heavy atom. The summed E-state index contributed by atoms with van der Waals surface area (Å²) in [7, 11) is 0. The molecule has 0 fully saturated rings. The standard InChI is InChI=1S/C32H42O5/c1-4-7-8-9-10-11-12-13-14-24-15-17-25(18-16-24)31(33)28-23-27-29(36-20-6-3)21-26(35-19-5-2)22-30(27)37-32(28)34/h15-18,21-23H,4-14,19-20H2,1-3H3. The average Bonchev–Trinajstić information content (AvgIpc) is 2.91. The van der Waals surface area contributed by atoms with Crippen LogP contribution < -0.4 is 15.1 Å². The minimum absolute atomic E-state index is 0.00639. The maximum absolute atomic E-state index is 13.2. The maximum atomic E-state index is 13.2. The lowest BCUT2D eigenvalue weighted by Gasteiger charge is -2.12. The molecule has 0 atom stereocenters. The molecule has 0 saturated heterocycles. The summed E-state index contributed by atoms with van der Waals surface area (Å²) in [6, 6.07) is 12.7. The monoisotopic (exact) mass is 506 g/mol. The van der Waals surface area contributed by atoms with Gasteiger partial charge in [0.05, 0.1) is 18.6 Å². The number of fused-ring (bicyclic) bond motifs is 1. The zero-order valence-corrected chi connectivity index (χ0v) is 22.8. The summed E-state index contributed by atoms with van der Waals surface area (Å²) in [6.07, 6.45) is 13.0. The van der Waals surface area contributed by atoms with Gasteiger partial charge in [0.1, 0.15) is 22.6 Å². The van der Waals surface area contributed by atoms with E-state index in [-0.39, 0.29) is 11.3 Å². The molecule has 5 nitrogen and oxygen atoms in total. The van der Waals surface area contributed by atoms with Crippen LogP contribution in [0.3, 0.4) is 0 Å². The second-order valence-corrected chi connectivity index (χ2v) is 9.73.